The second-order valence-corrected chi connectivity index (χ2v) is 6.70. The first-order valence-corrected chi connectivity index (χ1v) is 8.24. The molecule has 23 heavy (non-hydrogen) atoms. The number of amides is 3. The Bertz CT molecular complexity index is 563. The number of anilines is 1. The fourth-order valence-electron chi connectivity index (χ4n) is 3.02. The van der Waals surface area contributed by atoms with Crippen LogP contribution in [0.3, 0.4) is 0 Å². The van der Waals surface area contributed by atoms with Crippen LogP contribution in [0, 0.1) is 5.92 Å². The third-order valence-electron chi connectivity index (χ3n) is 4.66. The zero-order chi connectivity index (χ0) is 17.0. The number of para-hydroxylation sites is 1. The third-order valence-corrected chi connectivity index (χ3v) is 4.66. The average molecular weight is 317 g/mol. The molecule has 5 nitrogen and oxygen atoms in total. The second-order valence-electron chi connectivity index (χ2n) is 6.70. The van der Waals surface area contributed by atoms with Crippen molar-refractivity contribution in [1.29, 1.82) is 0 Å². The van der Waals surface area contributed by atoms with E-state index in [9.17, 15) is 9.59 Å². The van der Waals surface area contributed by atoms with Crippen LogP contribution >= 0.6 is 0 Å². The Kier molecular flexibility index (Phi) is 5.64. The van der Waals surface area contributed by atoms with Gasteiger partial charge in [0.1, 0.15) is 0 Å². The van der Waals surface area contributed by atoms with Gasteiger partial charge in [-0.3, -0.25) is 4.79 Å². The number of urea groups is 1. The number of nitrogens with zero attached hydrogens (tertiary/aromatic N) is 2. The van der Waals surface area contributed by atoms with Crippen molar-refractivity contribution in [3.63, 3.8) is 0 Å². The Balaban J connectivity index is 2.07. The molecule has 0 unspecified atom stereocenters. The smallest absolute Gasteiger partial charge is 0.321 e. The minimum atomic E-state index is -0.149. The SMILES string of the molecule is CC1CCC(N(C)C(=O)Nc2ccccc2C(=O)N(C)C)CC1. The maximum absolute atomic E-state index is 12.5. The van der Waals surface area contributed by atoms with Gasteiger partial charge in [0, 0.05) is 27.2 Å². The standard InChI is InChI=1S/C18H27N3O2/c1-13-9-11-14(12-10-13)21(4)18(23)19-16-8-6-5-7-15(16)17(22)20(2)3/h5-8,13-14H,9-12H2,1-4H3,(H,19,23). The topological polar surface area (TPSA) is 52.7 Å². The van der Waals surface area contributed by atoms with E-state index in [1.54, 1.807) is 37.2 Å². The van der Waals surface area contributed by atoms with E-state index in [1.807, 2.05) is 13.1 Å². The van der Waals surface area contributed by atoms with Gasteiger partial charge in [-0.15, -0.1) is 0 Å². The van der Waals surface area contributed by atoms with Crippen molar-refractivity contribution >= 4 is 17.6 Å². The highest BCUT2D eigenvalue weighted by atomic mass is 16.2. The highest BCUT2D eigenvalue weighted by molar-refractivity contribution is 6.03. The van der Waals surface area contributed by atoms with Gasteiger partial charge in [-0.2, -0.15) is 0 Å². The highest BCUT2D eigenvalue weighted by Gasteiger charge is 2.25. The summed E-state index contributed by atoms with van der Waals surface area (Å²) in [4.78, 5) is 28.0. The number of benzene rings is 1. The molecular weight excluding hydrogens is 290 g/mol. The largest absolute Gasteiger partial charge is 0.345 e. The lowest BCUT2D eigenvalue weighted by Gasteiger charge is -2.33. The molecule has 1 aliphatic carbocycles. The highest BCUT2D eigenvalue weighted by Crippen LogP contribution is 2.27. The minimum absolute atomic E-state index is 0.116. The number of carbonyl (C=O) groups is 2. The van der Waals surface area contributed by atoms with Gasteiger partial charge in [-0.25, -0.2) is 4.79 Å². The van der Waals surface area contributed by atoms with Crippen LogP contribution in [0.15, 0.2) is 24.3 Å². The molecule has 1 saturated carbocycles. The van der Waals surface area contributed by atoms with Gasteiger partial charge in [0.05, 0.1) is 11.3 Å². The first kappa shape index (κ1) is 17.3. The van der Waals surface area contributed by atoms with E-state index >= 15 is 0 Å². The van der Waals surface area contributed by atoms with Gasteiger partial charge < -0.3 is 15.1 Å². The maximum atomic E-state index is 12.5. The molecule has 1 fully saturated rings. The van der Waals surface area contributed by atoms with Gasteiger partial charge in [-0.05, 0) is 43.7 Å². The lowest BCUT2D eigenvalue weighted by Crippen LogP contribution is -2.42. The zero-order valence-corrected chi connectivity index (χ0v) is 14.5. The summed E-state index contributed by atoms with van der Waals surface area (Å²) in [7, 11) is 5.25. The Hall–Kier alpha value is -2.04. The van der Waals surface area contributed by atoms with Gasteiger partial charge in [-0.1, -0.05) is 19.1 Å². The number of carbonyl (C=O) groups excluding carboxylic acids is 2. The molecular formula is C18H27N3O2. The van der Waals surface area contributed by atoms with Crippen molar-refractivity contribution in [2.75, 3.05) is 26.5 Å². The van der Waals surface area contributed by atoms with Crippen molar-refractivity contribution in [2.24, 2.45) is 5.92 Å². The molecule has 0 aromatic heterocycles. The van der Waals surface area contributed by atoms with E-state index in [1.165, 1.54) is 4.90 Å². The van der Waals surface area contributed by atoms with Crippen molar-refractivity contribution in [2.45, 2.75) is 38.6 Å². The molecule has 1 aliphatic rings. The molecule has 0 atom stereocenters. The Labute approximate surface area is 138 Å². The first-order chi connectivity index (χ1) is 10.9. The lowest BCUT2D eigenvalue weighted by molar-refractivity contribution is 0.0828. The van der Waals surface area contributed by atoms with Crippen molar-refractivity contribution in [3.8, 4) is 0 Å². The Morgan fingerprint density at radius 1 is 1.04 bits per heavy atom. The number of nitrogens with one attached hydrogen (secondary N) is 1. The monoisotopic (exact) mass is 317 g/mol. The molecule has 1 aromatic rings. The number of hydrogen-bond acceptors (Lipinski definition) is 2. The van der Waals surface area contributed by atoms with Crippen LogP contribution in [0.5, 0.6) is 0 Å². The van der Waals surface area contributed by atoms with Crippen molar-refractivity contribution in [3.05, 3.63) is 29.8 Å². The first-order valence-electron chi connectivity index (χ1n) is 8.24. The summed E-state index contributed by atoms with van der Waals surface area (Å²) in [6.45, 7) is 2.26. The quantitative estimate of drug-likeness (QED) is 0.928. The van der Waals surface area contributed by atoms with Crippen LogP contribution in [0.2, 0.25) is 0 Å². The van der Waals surface area contributed by atoms with Crippen LogP contribution < -0.4 is 5.32 Å². The van der Waals surface area contributed by atoms with E-state index in [4.69, 9.17) is 0 Å². The maximum Gasteiger partial charge on any atom is 0.321 e. The molecule has 0 saturated heterocycles. The van der Waals surface area contributed by atoms with E-state index in [2.05, 4.69) is 12.2 Å². The van der Waals surface area contributed by atoms with Crippen LogP contribution in [-0.2, 0) is 0 Å². The lowest BCUT2D eigenvalue weighted by atomic mass is 9.87. The molecule has 5 heteroatoms. The van der Waals surface area contributed by atoms with Gasteiger partial charge in [0.2, 0.25) is 0 Å². The second kappa shape index (κ2) is 7.49. The molecule has 3 amide bonds. The minimum Gasteiger partial charge on any atom is -0.345 e. The van der Waals surface area contributed by atoms with Crippen molar-refractivity contribution in [1.82, 2.24) is 9.80 Å². The molecule has 0 bridgehead atoms. The molecule has 126 valence electrons. The fraction of sp³-hybridized carbons (Fsp3) is 0.556. The summed E-state index contributed by atoms with van der Waals surface area (Å²) >= 11 is 0. The Morgan fingerprint density at radius 2 is 1.65 bits per heavy atom. The van der Waals surface area contributed by atoms with Crippen LogP contribution in [0.4, 0.5) is 10.5 Å². The normalized spacial score (nSPS) is 20.7. The third kappa shape index (κ3) is 4.24. The zero-order valence-electron chi connectivity index (χ0n) is 14.5. The van der Waals surface area contributed by atoms with E-state index < -0.39 is 0 Å². The summed E-state index contributed by atoms with van der Waals surface area (Å²) < 4.78 is 0. The van der Waals surface area contributed by atoms with E-state index in [0.29, 0.717) is 11.3 Å². The van der Waals surface area contributed by atoms with Gasteiger partial charge >= 0.3 is 6.03 Å². The predicted molar refractivity (Wildman–Crippen MR) is 92.7 cm³/mol. The fourth-order valence-corrected chi connectivity index (χ4v) is 3.02. The summed E-state index contributed by atoms with van der Waals surface area (Å²) in [5, 5.41) is 2.89. The van der Waals surface area contributed by atoms with E-state index in [-0.39, 0.29) is 18.0 Å². The predicted octanol–water partition coefficient (Wildman–Crippen LogP) is 3.43. The number of hydrogen-bond donors (Lipinski definition) is 1. The molecule has 0 heterocycles. The summed E-state index contributed by atoms with van der Waals surface area (Å²) in [5.74, 6) is 0.635. The molecule has 0 radical (unpaired) electrons. The molecule has 0 aliphatic heterocycles. The molecule has 0 spiro atoms. The number of rotatable bonds is 3. The van der Waals surface area contributed by atoms with E-state index in [0.717, 1.165) is 31.6 Å². The van der Waals surface area contributed by atoms with Crippen LogP contribution in [0.1, 0.15) is 43.0 Å². The van der Waals surface area contributed by atoms with Crippen molar-refractivity contribution < 1.29 is 9.59 Å². The van der Waals surface area contributed by atoms with Gasteiger partial charge in [0.15, 0.2) is 0 Å². The molecule has 1 N–H and O–H groups in total. The van der Waals surface area contributed by atoms with Crippen LogP contribution in [0.25, 0.3) is 0 Å². The molecule has 1 aromatic carbocycles. The summed E-state index contributed by atoms with van der Waals surface area (Å²) in [5.41, 5.74) is 1.07. The molecule has 2 rings (SSSR count). The summed E-state index contributed by atoms with van der Waals surface area (Å²) in [6, 6.07) is 7.26. The summed E-state index contributed by atoms with van der Waals surface area (Å²) in [6.07, 6.45) is 4.42. The van der Waals surface area contributed by atoms with Crippen LogP contribution in [-0.4, -0.2) is 48.9 Å². The average Bonchev–Trinajstić information content (AvgIpc) is 2.54. The van der Waals surface area contributed by atoms with Gasteiger partial charge in [0.25, 0.3) is 5.91 Å². The Morgan fingerprint density at radius 3 is 2.26 bits per heavy atom.